The van der Waals surface area contributed by atoms with Crippen LogP contribution in [0.4, 0.5) is 11.4 Å². The maximum atomic E-state index is 4.22. The second-order valence-corrected chi connectivity index (χ2v) is 12.7. The van der Waals surface area contributed by atoms with E-state index in [4.69, 9.17) is 0 Å². The van der Waals surface area contributed by atoms with Gasteiger partial charge in [0.1, 0.15) is 0 Å². The van der Waals surface area contributed by atoms with Crippen molar-refractivity contribution in [3.05, 3.63) is 103 Å². The monoisotopic (exact) mass is 719 g/mol. The molecule has 210 valence electrons. The van der Waals surface area contributed by atoms with Crippen LogP contribution in [-0.2, 0) is 30.9 Å². The molecule has 0 saturated carbocycles. The number of benzene rings is 3. The Morgan fingerprint density at radius 2 is 1.66 bits per heavy atom. The van der Waals surface area contributed by atoms with Gasteiger partial charge in [0.15, 0.2) is 0 Å². The zero-order valence-electron chi connectivity index (χ0n) is 25.0. The van der Waals surface area contributed by atoms with Crippen LogP contribution < -0.4 is 9.47 Å². The number of imidazole rings is 1. The molecule has 0 spiro atoms. The van der Waals surface area contributed by atoms with Crippen molar-refractivity contribution in [1.29, 1.82) is 0 Å². The average Bonchev–Trinajstić information content (AvgIpc) is 3.36. The SMILES string of the molecule is CC(C)n1[c-][n+]2c3c(cccc31)N(C)c1cc3c([c-]c1-2)C(C)(C)CCC3(C)C.[Ir+3].[c-]1ccccc1-c1ccccn1. The van der Waals surface area contributed by atoms with Gasteiger partial charge in [0.2, 0.25) is 6.33 Å². The predicted molar refractivity (Wildman–Crippen MR) is 163 cm³/mol. The van der Waals surface area contributed by atoms with Gasteiger partial charge in [-0.15, -0.1) is 41.5 Å². The first-order valence-electron chi connectivity index (χ1n) is 14.3. The Labute approximate surface area is 258 Å². The molecule has 4 nitrogen and oxygen atoms in total. The summed E-state index contributed by atoms with van der Waals surface area (Å²) in [4.78, 5) is 6.56. The van der Waals surface area contributed by atoms with Crippen LogP contribution in [0.1, 0.15) is 71.6 Å². The molecule has 0 atom stereocenters. The number of pyridine rings is 1. The first kappa shape index (κ1) is 29.2. The first-order valence-corrected chi connectivity index (χ1v) is 14.3. The van der Waals surface area contributed by atoms with Gasteiger partial charge in [0.05, 0.1) is 17.1 Å². The molecule has 1 aliphatic heterocycles. The summed E-state index contributed by atoms with van der Waals surface area (Å²) in [6, 6.07) is 30.1. The van der Waals surface area contributed by atoms with Crippen LogP contribution in [0.5, 0.6) is 0 Å². The smallest absolute Gasteiger partial charge is 0.407 e. The summed E-state index contributed by atoms with van der Waals surface area (Å²) in [5, 5.41) is 0. The van der Waals surface area contributed by atoms with Crippen molar-refractivity contribution < 1.29 is 24.7 Å². The molecule has 3 heterocycles. The van der Waals surface area contributed by atoms with Crippen molar-refractivity contribution in [3.63, 3.8) is 0 Å². The van der Waals surface area contributed by atoms with Crippen molar-refractivity contribution in [2.45, 2.75) is 71.3 Å². The van der Waals surface area contributed by atoms with Crippen LogP contribution in [-0.4, -0.2) is 16.6 Å². The van der Waals surface area contributed by atoms with E-state index >= 15 is 0 Å². The number of rotatable bonds is 2. The minimum atomic E-state index is 0. The average molecular weight is 719 g/mol. The Morgan fingerprint density at radius 1 is 0.902 bits per heavy atom. The Hall–Kier alpha value is -3.27. The molecule has 0 N–H and O–H groups in total. The molecule has 7 rings (SSSR count). The molecule has 0 unspecified atom stereocenters. The number of fused-ring (bicyclic) bond motifs is 3. The van der Waals surface area contributed by atoms with E-state index in [-0.39, 0.29) is 30.9 Å². The molecular formula is C36H38IrN4+. The zero-order valence-corrected chi connectivity index (χ0v) is 27.4. The molecular weight excluding hydrogens is 681 g/mol. The molecule has 0 fully saturated rings. The molecule has 0 bridgehead atoms. The Morgan fingerprint density at radius 3 is 2.34 bits per heavy atom. The maximum absolute atomic E-state index is 4.22. The van der Waals surface area contributed by atoms with Crippen LogP contribution in [0.25, 0.3) is 28.0 Å². The Balaban J connectivity index is 0.000000218. The molecule has 3 aromatic carbocycles. The van der Waals surface area contributed by atoms with Gasteiger partial charge in [-0.2, -0.15) is 17.7 Å². The summed E-state index contributed by atoms with van der Waals surface area (Å²) in [6.07, 6.45) is 7.84. The van der Waals surface area contributed by atoms with Crippen LogP contribution in [0.15, 0.2) is 72.9 Å². The largest absolute Gasteiger partial charge is 3.00 e. The van der Waals surface area contributed by atoms with E-state index in [1.807, 2.05) is 42.5 Å². The molecule has 2 aliphatic rings. The van der Waals surface area contributed by atoms with Gasteiger partial charge in [-0.3, -0.25) is 0 Å². The Bertz CT molecular complexity index is 1650. The van der Waals surface area contributed by atoms with E-state index in [9.17, 15) is 0 Å². The standard InChI is InChI=1S/C25H30N3.C11H8N.Ir/c1-16(2)27-15-28-22-14-18-17(24(3,4)11-12-25(18,5)6)13-21(22)26(7)19-9-8-10-20(27)23(19)28;1-2-6-10(7-3-1)11-8-4-5-9-12-11;/h8-10,13,16H,11-12H2,1-7H3;1-6,8-9H;/q2*-1;+3. The van der Waals surface area contributed by atoms with E-state index in [0.29, 0.717) is 6.04 Å². The summed E-state index contributed by atoms with van der Waals surface area (Å²) in [5.41, 5.74) is 11.2. The third-order valence-electron chi connectivity index (χ3n) is 8.61. The molecule has 5 heteroatoms. The van der Waals surface area contributed by atoms with Crippen molar-refractivity contribution in [3.8, 4) is 16.9 Å². The summed E-state index contributed by atoms with van der Waals surface area (Å²) >= 11 is 0. The molecule has 2 aromatic heterocycles. The van der Waals surface area contributed by atoms with Crippen molar-refractivity contribution in [2.24, 2.45) is 0 Å². The molecule has 0 amide bonds. The number of anilines is 2. The third-order valence-corrected chi connectivity index (χ3v) is 8.61. The van der Waals surface area contributed by atoms with Crippen LogP contribution in [0.3, 0.4) is 0 Å². The summed E-state index contributed by atoms with van der Waals surface area (Å²) in [5.74, 6) is 0. The van der Waals surface area contributed by atoms with E-state index in [1.165, 1.54) is 46.4 Å². The van der Waals surface area contributed by atoms with E-state index in [0.717, 1.165) is 16.9 Å². The molecule has 1 aliphatic carbocycles. The van der Waals surface area contributed by atoms with Crippen LogP contribution in [0, 0.1) is 18.5 Å². The van der Waals surface area contributed by atoms with Crippen LogP contribution in [0.2, 0.25) is 0 Å². The maximum Gasteiger partial charge on any atom is 3.00 e. The first-order chi connectivity index (χ1) is 19.1. The fourth-order valence-corrected chi connectivity index (χ4v) is 6.09. The van der Waals surface area contributed by atoms with Gasteiger partial charge in [0, 0.05) is 11.9 Å². The predicted octanol–water partition coefficient (Wildman–Crippen LogP) is 8.08. The fourth-order valence-electron chi connectivity index (χ4n) is 6.09. The number of para-hydroxylation sites is 1. The van der Waals surface area contributed by atoms with Crippen molar-refractivity contribution >= 4 is 22.4 Å². The summed E-state index contributed by atoms with van der Waals surface area (Å²) in [6.45, 7) is 13.9. The quantitative estimate of drug-likeness (QED) is 0.136. The van der Waals surface area contributed by atoms with Gasteiger partial charge in [-0.25, -0.2) is 0 Å². The zero-order chi connectivity index (χ0) is 28.2. The van der Waals surface area contributed by atoms with E-state index in [2.05, 4.69) is 110 Å². The second-order valence-electron chi connectivity index (χ2n) is 12.7. The summed E-state index contributed by atoms with van der Waals surface area (Å²) in [7, 11) is 2.19. The van der Waals surface area contributed by atoms with Crippen molar-refractivity contribution in [1.82, 2.24) is 9.55 Å². The van der Waals surface area contributed by atoms with E-state index < -0.39 is 0 Å². The van der Waals surface area contributed by atoms with Gasteiger partial charge in [-0.05, 0) is 56.2 Å². The van der Waals surface area contributed by atoms with Gasteiger partial charge in [0.25, 0.3) is 0 Å². The fraction of sp³-hybridized carbons (Fsp3) is 0.333. The number of aromatic nitrogens is 3. The van der Waals surface area contributed by atoms with Crippen LogP contribution >= 0.6 is 0 Å². The van der Waals surface area contributed by atoms with Gasteiger partial charge < -0.3 is 19.0 Å². The normalized spacial score (nSPS) is 15.9. The van der Waals surface area contributed by atoms with Gasteiger partial charge >= 0.3 is 20.1 Å². The number of hydrogen-bond acceptors (Lipinski definition) is 2. The number of nitrogens with zero attached hydrogens (tertiary/aromatic N) is 4. The molecule has 0 saturated heterocycles. The number of hydrogen-bond donors (Lipinski definition) is 0. The van der Waals surface area contributed by atoms with E-state index in [1.54, 1.807) is 6.20 Å². The Kier molecular flexibility index (Phi) is 7.74. The minimum Gasteiger partial charge on any atom is -0.407 e. The third kappa shape index (κ3) is 5.04. The second kappa shape index (κ2) is 10.9. The minimum absolute atomic E-state index is 0. The van der Waals surface area contributed by atoms with Crippen molar-refractivity contribution in [2.75, 3.05) is 11.9 Å². The topological polar surface area (TPSA) is 24.9 Å². The molecule has 0 radical (unpaired) electrons. The van der Waals surface area contributed by atoms with Gasteiger partial charge in [-0.1, -0.05) is 69.5 Å². The molecule has 41 heavy (non-hydrogen) atoms. The molecule has 5 aromatic rings. The summed E-state index contributed by atoms with van der Waals surface area (Å²) < 4.78 is 4.50.